The lowest BCUT2D eigenvalue weighted by Crippen LogP contribution is -2.52. The minimum absolute atomic E-state index is 0.0743. The third kappa shape index (κ3) is 2.58. The predicted molar refractivity (Wildman–Crippen MR) is 77.6 cm³/mol. The molecule has 0 aromatic heterocycles. The molecule has 4 heteroatoms. The van der Waals surface area contributed by atoms with Crippen LogP contribution in [0.15, 0.2) is 24.3 Å². The van der Waals surface area contributed by atoms with Crippen LogP contribution < -0.4 is 0 Å². The van der Waals surface area contributed by atoms with Gasteiger partial charge in [0, 0.05) is 33.2 Å². The van der Waals surface area contributed by atoms with Gasteiger partial charge in [0.1, 0.15) is 6.10 Å². The first-order chi connectivity index (χ1) is 9.65. The van der Waals surface area contributed by atoms with Crippen LogP contribution in [0.4, 0.5) is 0 Å². The van der Waals surface area contributed by atoms with E-state index in [9.17, 15) is 4.79 Å². The zero-order valence-electron chi connectivity index (χ0n) is 12.2. The number of amides is 1. The summed E-state index contributed by atoms with van der Waals surface area (Å²) in [5, 5.41) is 0. The smallest absolute Gasteiger partial charge is 0.252 e. The molecule has 20 heavy (non-hydrogen) atoms. The van der Waals surface area contributed by atoms with Crippen molar-refractivity contribution in [2.75, 3.05) is 33.8 Å². The molecule has 0 saturated carbocycles. The highest BCUT2D eigenvalue weighted by Crippen LogP contribution is 2.26. The minimum atomic E-state index is -0.303. The van der Waals surface area contributed by atoms with Crippen molar-refractivity contribution in [3.63, 3.8) is 0 Å². The van der Waals surface area contributed by atoms with Crippen molar-refractivity contribution in [3.8, 4) is 0 Å². The average molecular weight is 274 g/mol. The fourth-order valence-corrected chi connectivity index (χ4v) is 3.23. The molecule has 1 fully saturated rings. The SMILES string of the molecule is CN(C)C(=O)[C@@H]1CN(C2Cc3ccccc3C2)CCO1. The Morgan fingerprint density at radius 1 is 1.25 bits per heavy atom. The van der Waals surface area contributed by atoms with Crippen LogP contribution in [0, 0.1) is 0 Å². The maximum absolute atomic E-state index is 12.1. The summed E-state index contributed by atoms with van der Waals surface area (Å²) in [6.07, 6.45) is 1.89. The van der Waals surface area contributed by atoms with Gasteiger partial charge in [-0.05, 0) is 24.0 Å². The Balaban J connectivity index is 1.66. The van der Waals surface area contributed by atoms with Crippen LogP contribution in [0.25, 0.3) is 0 Å². The van der Waals surface area contributed by atoms with Crippen LogP contribution in [0.1, 0.15) is 11.1 Å². The van der Waals surface area contributed by atoms with Gasteiger partial charge in [0.25, 0.3) is 5.91 Å². The maximum Gasteiger partial charge on any atom is 0.252 e. The zero-order chi connectivity index (χ0) is 14.1. The van der Waals surface area contributed by atoms with Gasteiger partial charge in [-0.1, -0.05) is 24.3 Å². The summed E-state index contributed by atoms with van der Waals surface area (Å²) in [7, 11) is 3.58. The van der Waals surface area contributed by atoms with Gasteiger partial charge in [-0.25, -0.2) is 0 Å². The van der Waals surface area contributed by atoms with Crippen LogP contribution >= 0.6 is 0 Å². The molecule has 1 aliphatic carbocycles. The molecule has 108 valence electrons. The van der Waals surface area contributed by atoms with E-state index < -0.39 is 0 Å². The van der Waals surface area contributed by atoms with Gasteiger partial charge in [-0.3, -0.25) is 9.69 Å². The summed E-state index contributed by atoms with van der Waals surface area (Å²) < 4.78 is 5.64. The Morgan fingerprint density at radius 3 is 2.50 bits per heavy atom. The molecule has 0 bridgehead atoms. The van der Waals surface area contributed by atoms with Crippen molar-refractivity contribution in [2.24, 2.45) is 0 Å². The van der Waals surface area contributed by atoms with Gasteiger partial charge in [0.15, 0.2) is 0 Å². The highest BCUT2D eigenvalue weighted by atomic mass is 16.5. The molecule has 0 unspecified atom stereocenters. The van der Waals surface area contributed by atoms with E-state index in [2.05, 4.69) is 29.2 Å². The second-order valence-corrected chi connectivity index (χ2v) is 5.92. The van der Waals surface area contributed by atoms with E-state index in [1.807, 2.05) is 0 Å². The van der Waals surface area contributed by atoms with Crippen LogP contribution in [-0.4, -0.2) is 61.6 Å². The number of carbonyl (C=O) groups excluding carboxylic acids is 1. The standard InChI is InChI=1S/C16H22N2O2/c1-17(2)16(19)15-11-18(7-8-20-15)14-9-12-5-3-4-6-13(12)10-14/h3-6,14-15H,7-11H2,1-2H3/t15-/m0/s1. The topological polar surface area (TPSA) is 32.8 Å². The van der Waals surface area contributed by atoms with Crippen molar-refractivity contribution >= 4 is 5.91 Å². The second kappa shape index (κ2) is 5.54. The van der Waals surface area contributed by atoms with E-state index in [-0.39, 0.29) is 12.0 Å². The molecule has 1 atom stereocenters. The Kier molecular flexibility index (Phi) is 3.76. The molecule has 1 aliphatic heterocycles. The largest absolute Gasteiger partial charge is 0.366 e. The molecule has 4 nitrogen and oxygen atoms in total. The Labute approximate surface area is 120 Å². The lowest BCUT2D eigenvalue weighted by molar-refractivity contribution is -0.147. The first-order valence-corrected chi connectivity index (χ1v) is 7.29. The summed E-state index contributed by atoms with van der Waals surface area (Å²) in [5.74, 6) is 0.0743. The van der Waals surface area contributed by atoms with Gasteiger partial charge in [-0.2, -0.15) is 0 Å². The van der Waals surface area contributed by atoms with Crippen LogP contribution in [0.5, 0.6) is 0 Å². The number of ether oxygens (including phenoxy) is 1. The highest BCUT2D eigenvalue weighted by Gasteiger charge is 2.33. The van der Waals surface area contributed by atoms with Gasteiger partial charge >= 0.3 is 0 Å². The number of nitrogens with zero attached hydrogens (tertiary/aromatic N) is 2. The lowest BCUT2D eigenvalue weighted by atomic mass is 10.1. The first-order valence-electron chi connectivity index (χ1n) is 7.29. The summed E-state index contributed by atoms with van der Waals surface area (Å²) in [6, 6.07) is 9.18. The van der Waals surface area contributed by atoms with E-state index in [1.165, 1.54) is 11.1 Å². The highest BCUT2D eigenvalue weighted by molar-refractivity contribution is 5.80. The first kappa shape index (κ1) is 13.6. The fraction of sp³-hybridized carbons (Fsp3) is 0.562. The van der Waals surface area contributed by atoms with Crippen LogP contribution in [0.2, 0.25) is 0 Å². The Bertz CT molecular complexity index is 476. The molecule has 0 spiro atoms. The number of likely N-dealkylation sites (N-methyl/N-ethyl adjacent to an activating group) is 1. The summed E-state index contributed by atoms with van der Waals surface area (Å²) in [4.78, 5) is 16.1. The molecule has 2 aliphatic rings. The molecule has 1 amide bonds. The van der Waals surface area contributed by atoms with Gasteiger partial charge < -0.3 is 9.64 Å². The van der Waals surface area contributed by atoms with Crippen molar-refractivity contribution in [3.05, 3.63) is 35.4 Å². The van der Waals surface area contributed by atoms with E-state index in [0.717, 1.165) is 25.9 Å². The van der Waals surface area contributed by atoms with E-state index in [4.69, 9.17) is 4.74 Å². The fourth-order valence-electron chi connectivity index (χ4n) is 3.23. The van der Waals surface area contributed by atoms with E-state index in [0.29, 0.717) is 12.6 Å². The van der Waals surface area contributed by atoms with Crippen molar-refractivity contribution in [1.82, 2.24) is 9.80 Å². The molecular formula is C16H22N2O2. The number of rotatable bonds is 2. The minimum Gasteiger partial charge on any atom is -0.366 e. The summed E-state index contributed by atoms with van der Waals surface area (Å²) in [6.45, 7) is 2.29. The average Bonchev–Trinajstić information content (AvgIpc) is 2.90. The molecule has 1 heterocycles. The van der Waals surface area contributed by atoms with Crippen molar-refractivity contribution in [1.29, 1.82) is 0 Å². The zero-order valence-corrected chi connectivity index (χ0v) is 12.2. The van der Waals surface area contributed by atoms with E-state index >= 15 is 0 Å². The van der Waals surface area contributed by atoms with Crippen LogP contribution in [0.3, 0.4) is 0 Å². The Morgan fingerprint density at radius 2 is 1.90 bits per heavy atom. The third-order valence-corrected chi connectivity index (χ3v) is 4.36. The number of morpholine rings is 1. The molecule has 1 aromatic rings. The number of fused-ring (bicyclic) bond motifs is 1. The van der Waals surface area contributed by atoms with Gasteiger partial charge in [0.05, 0.1) is 6.61 Å². The molecule has 0 radical (unpaired) electrons. The predicted octanol–water partition coefficient (Wildman–Crippen LogP) is 0.943. The maximum atomic E-state index is 12.1. The Hall–Kier alpha value is -1.39. The monoisotopic (exact) mass is 274 g/mol. The lowest BCUT2D eigenvalue weighted by Gasteiger charge is -2.36. The number of hydrogen-bond acceptors (Lipinski definition) is 3. The molecular weight excluding hydrogens is 252 g/mol. The summed E-state index contributed by atoms with van der Waals surface area (Å²) >= 11 is 0. The molecule has 0 N–H and O–H groups in total. The summed E-state index contributed by atoms with van der Waals surface area (Å²) in [5.41, 5.74) is 2.92. The number of carbonyl (C=O) groups is 1. The number of benzene rings is 1. The quantitative estimate of drug-likeness (QED) is 0.805. The molecule has 1 saturated heterocycles. The molecule has 3 rings (SSSR count). The van der Waals surface area contributed by atoms with Gasteiger partial charge in [0.2, 0.25) is 0 Å². The third-order valence-electron chi connectivity index (χ3n) is 4.36. The van der Waals surface area contributed by atoms with Gasteiger partial charge in [-0.15, -0.1) is 0 Å². The van der Waals surface area contributed by atoms with Crippen LogP contribution in [-0.2, 0) is 22.4 Å². The number of hydrogen-bond donors (Lipinski definition) is 0. The van der Waals surface area contributed by atoms with Crippen molar-refractivity contribution in [2.45, 2.75) is 25.0 Å². The van der Waals surface area contributed by atoms with E-state index in [1.54, 1.807) is 19.0 Å². The van der Waals surface area contributed by atoms with Crippen molar-refractivity contribution < 1.29 is 9.53 Å². The second-order valence-electron chi connectivity index (χ2n) is 5.92. The molecule has 1 aromatic carbocycles. The normalized spacial score (nSPS) is 23.6.